The quantitative estimate of drug-likeness (QED) is 0.255. The van der Waals surface area contributed by atoms with Gasteiger partial charge in [-0.1, -0.05) is 72.8 Å². The number of benzene rings is 4. The number of aryl methyl sites for hydroxylation is 1. The summed E-state index contributed by atoms with van der Waals surface area (Å²) in [4.78, 5) is 26.4. The minimum absolute atomic E-state index is 0.300. The van der Waals surface area contributed by atoms with Crippen LogP contribution in [0.4, 0.5) is 4.39 Å². The van der Waals surface area contributed by atoms with Crippen LogP contribution in [-0.4, -0.2) is 25.0 Å². The Morgan fingerprint density at radius 2 is 1.59 bits per heavy atom. The number of nitrogens with one attached hydrogen (secondary N) is 1. The molecule has 39 heavy (non-hydrogen) atoms. The van der Waals surface area contributed by atoms with Crippen molar-refractivity contribution in [3.05, 3.63) is 131 Å². The number of hydrogen-bond acceptors (Lipinski definition) is 4. The summed E-state index contributed by atoms with van der Waals surface area (Å²) in [5, 5.41) is 12.4. The van der Waals surface area contributed by atoms with E-state index in [1.807, 2.05) is 36.4 Å². The van der Waals surface area contributed by atoms with Gasteiger partial charge in [0.25, 0.3) is 5.91 Å². The van der Waals surface area contributed by atoms with Gasteiger partial charge in [-0.15, -0.1) is 0 Å². The monoisotopic (exact) mass is 520 g/mol. The van der Waals surface area contributed by atoms with Crippen LogP contribution in [0, 0.1) is 23.1 Å². The molecule has 0 aliphatic heterocycles. The van der Waals surface area contributed by atoms with Gasteiger partial charge in [0, 0.05) is 17.2 Å². The first-order valence-corrected chi connectivity index (χ1v) is 12.7. The van der Waals surface area contributed by atoms with E-state index in [4.69, 9.17) is 4.74 Å². The fourth-order valence-corrected chi connectivity index (χ4v) is 4.65. The molecule has 4 aromatic carbocycles. The third-order valence-electron chi connectivity index (χ3n) is 6.74. The van der Waals surface area contributed by atoms with E-state index in [0.717, 1.165) is 11.1 Å². The first-order chi connectivity index (χ1) is 19.0. The molecule has 4 rings (SSSR count). The van der Waals surface area contributed by atoms with Gasteiger partial charge in [0.1, 0.15) is 5.82 Å². The topological polar surface area (TPSA) is 79.2 Å². The highest BCUT2D eigenvalue weighted by atomic mass is 19.1. The molecule has 2 atom stereocenters. The van der Waals surface area contributed by atoms with Crippen molar-refractivity contribution in [2.45, 2.75) is 25.3 Å². The maximum absolute atomic E-state index is 14.2. The van der Waals surface area contributed by atoms with Crippen molar-refractivity contribution >= 4 is 11.9 Å². The van der Waals surface area contributed by atoms with Gasteiger partial charge >= 0.3 is 5.97 Å². The molecule has 2 unspecified atom stereocenters. The van der Waals surface area contributed by atoms with Gasteiger partial charge in [-0.25, -0.2) is 4.39 Å². The van der Waals surface area contributed by atoms with Crippen LogP contribution in [-0.2, 0) is 22.4 Å². The van der Waals surface area contributed by atoms with Gasteiger partial charge in [-0.3, -0.25) is 9.59 Å². The number of carbonyl (C=O) groups excluding carboxylic acids is 2. The Bertz CT molecular complexity index is 1460. The number of esters is 1. The van der Waals surface area contributed by atoms with Crippen molar-refractivity contribution in [1.29, 1.82) is 5.26 Å². The average Bonchev–Trinajstić information content (AvgIpc) is 2.98. The first kappa shape index (κ1) is 27.3. The Hall–Kier alpha value is -4.76. The summed E-state index contributed by atoms with van der Waals surface area (Å²) in [6, 6.07) is 31.7. The Morgan fingerprint density at radius 3 is 2.28 bits per heavy atom. The molecule has 0 bridgehead atoms. The van der Waals surface area contributed by atoms with Crippen molar-refractivity contribution < 1.29 is 18.7 Å². The molecule has 0 aliphatic carbocycles. The second-order valence-corrected chi connectivity index (χ2v) is 9.31. The second kappa shape index (κ2) is 13.2. The summed E-state index contributed by atoms with van der Waals surface area (Å²) < 4.78 is 19.4. The van der Waals surface area contributed by atoms with Crippen LogP contribution in [0.3, 0.4) is 0 Å². The summed E-state index contributed by atoms with van der Waals surface area (Å²) in [6.45, 7) is 0. The number of nitrogens with zero attached hydrogens (tertiary/aromatic N) is 1. The molecule has 0 saturated carbocycles. The van der Waals surface area contributed by atoms with Crippen LogP contribution >= 0.6 is 0 Å². The molecule has 196 valence electrons. The van der Waals surface area contributed by atoms with Crippen molar-refractivity contribution in [3.63, 3.8) is 0 Å². The number of hydrogen-bond donors (Lipinski definition) is 1. The third-order valence-corrected chi connectivity index (χ3v) is 6.74. The van der Waals surface area contributed by atoms with E-state index >= 15 is 0 Å². The predicted molar refractivity (Wildman–Crippen MR) is 148 cm³/mol. The Morgan fingerprint density at radius 1 is 0.897 bits per heavy atom. The average molecular weight is 521 g/mol. The number of ether oxygens (including phenoxy) is 1. The van der Waals surface area contributed by atoms with Gasteiger partial charge in [0.05, 0.1) is 24.7 Å². The van der Waals surface area contributed by atoms with E-state index in [1.54, 1.807) is 60.7 Å². The molecule has 0 aliphatic rings. The van der Waals surface area contributed by atoms with E-state index in [2.05, 4.69) is 11.4 Å². The fourth-order valence-electron chi connectivity index (χ4n) is 4.65. The third kappa shape index (κ3) is 7.18. The second-order valence-electron chi connectivity index (χ2n) is 9.31. The SMILES string of the molecule is COC(=O)C(Cc1cccc(C#N)c1)C(CCc1ccccc1)NC(=O)c1ccc(-c2ccccc2F)cc1. The van der Waals surface area contributed by atoms with Crippen molar-refractivity contribution in [3.8, 4) is 17.2 Å². The molecular formula is C33H29FN2O3. The van der Waals surface area contributed by atoms with Crippen LogP contribution in [0.5, 0.6) is 0 Å². The summed E-state index contributed by atoms with van der Waals surface area (Å²) in [5.41, 5.74) is 3.90. The lowest BCUT2D eigenvalue weighted by Gasteiger charge is -2.27. The Balaban J connectivity index is 1.59. The lowest BCUT2D eigenvalue weighted by molar-refractivity contribution is -0.146. The van der Waals surface area contributed by atoms with Gasteiger partial charge in [-0.05, 0) is 66.3 Å². The van der Waals surface area contributed by atoms with Crippen LogP contribution in [0.2, 0.25) is 0 Å². The number of amides is 1. The zero-order valence-corrected chi connectivity index (χ0v) is 21.6. The maximum Gasteiger partial charge on any atom is 0.311 e. The molecule has 0 heterocycles. The number of methoxy groups -OCH3 is 1. The summed E-state index contributed by atoms with van der Waals surface area (Å²) >= 11 is 0. The highest BCUT2D eigenvalue weighted by Gasteiger charge is 2.31. The zero-order chi connectivity index (χ0) is 27.6. The van der Waals surface area contributed by atoms with Crippen molar-refractivity contribution in [2.24, 2.45) is 5.92 Å². The van der Waals surface area contributed by atoms with Crippen LogP contribution < -0.4 is 5.32 Å². The number of nitriles is 1. The van der Waals surface area contributed by atoms with Gasteiger partial charge in [0.15, 0.2) is 0 Å². The minimum atomic E-state index is -0.672. The number of carbonyl (C=O) groups is 2. The van der Waals surface area contributed by atoms with Crippen molar-refractivity contribution in [1.82, 2.24) is 5.32 Å². The maximum atomic E-state index is 14.2. The predicted octanol–water partition coefficient (Wildman–Crippen LogP) is 6.13. The highest BCUT2D eigenvalue weighted by molar-refractivity contribution is 5.95. The molecule has 1 amide bonds. The molecule has 1 N–H and O–H groups in total. The molecule has 4 aromatic rings. The van der Waals surface area contributed by atoms with E-state index in [9.17, 15) is 19.2 Å². The largest absolute Gasteiger partial charge is 0.469 e. The van der Waals surface area contributed by atoms with Crippen LogP contribution in [0.15, 0.2) is 103 Å². The smallest absolute Gasteiger partial charge is 0.311 e. The lowest BCUT2D eigenvalue weighted by Crippen LogP contribution is -2.45. The molecule has 0 saturated heterocycles. The van der Waals surface area contributed by atoms with Gasteiger partial charge in [-0.2, -0.15) is 5.26 Å². The van der Waals surface area contributed by atoms with Crippen LogP contribution in [0.1, 0.15) is 33.5 Å². The van der Waals surface area contributed by atoms with Gasteiger partial charge < -0.3 is 10.1 Å². The van der Waals surface area contributed by atoms with E-state index in [1.165, 1.54) is 13.2 Å². The van der Waals surface area contributed by atoms with Crippen LogP contribution in [0.25, 0.3) is 11.1 Å². The summed E-state index contributed by atoms with van der Waals surface area (Å²) in [6.07, 6.45) is 1.44. The van der Waals surface area contributed by atoms with E-state index < -0.39 is 17.9 Å². The lowest BCUT2D eigenvalue weighted by atomic mass is 9.87. The molecule has 5 nitrogen and oxygen atoms in total. The number of halogens is 1. The molecule has 0 radical (unpaired) electrons. The fraction of sp³-hybridized carbons (Fsp3) is 0.182. The molecular weight excluding hydrogens is 491 g/mol. The first-order valence-electron chi connectivity index (χ1n) is 12.7. The molecule has 6 heteroatoms. The Labute approximate surface area is 227 Å². The highest BCUT2D eigenvalue weighted by Crippen LogP contribution is 2.24. The summed E-state index contributed by atoms with van der Waals surface area (Å²) in [7, 11) is 1.33. The van der Waals surface area contributed by atoms with Gasteiger partial charge in [0.2, 0.25) is 0 Å². The normalized spacial score (nSPS) is 12.1. The number of rotatable bonds is 10. The Kier molecular flexibility index (Phi) is 9.20. The zero-order valence-electron chi connectivity index (χ0n) is 21.6. The van der Waals surface area contributed by atoms with Crippen molar-refractivity contribution in [2.75, 3.05) is 7.11 Å². The van der Waals surface area contributed by atoms with E-state index in [-0.39, 0.29) is 11.7 Å². The minimum Gasteiger partial charge on any atom is -0.469 e. The van der Waals surface area contributed by atoms with E-state index in [0.29, 0.717) is 41.5 Å². The molecule has 0 spiro atoms. The standard InChI is InChI=1S/C33H29FN2O3/c1-39-33(38)29(21-24-10-7-11-25(20-24)22-35)31(19-14-23-8-3-2-4-9-23)36-32(37)27-17-15-26(16-18-27)28-12-5-6-13-30(28)34/h2-13,15-18,20,29,31H,14,19,21H2,1H3,(H,36,37). The summed E-state index contributed by atoms with van der Waals surface area (Å²) in [5.74, 6) is -1.79. The molecule has 0 fully saturated rings. The molecule has 0 aromatic heterocycles.